The second-order valence-corrected chi connectivity index (χ2v) is 8.07. The van der Waals surface area contributed by atoms with E-state index >= 15 is 0 Å². The standard InChI is InChI=1S/C18H21BrN4O4.H2S/c1-18(2,3)27-17(24)22-4-5-25-14(9-22)11-26-13-6-15(19)16-12(7-20)8-21-23(16)10-13;/h6,8,10,14H,4-5,9,11H2,1-3H3;1H2/t14-;/m0./s1. The third-order valence-electron chi connectivity index (χ3n) is 3.89. The summed E-state index contributed by atoms with van der Waals surface area (Å²) >= 11 is 3.45. The third kappa shape index (κ3) is 5.31. The van der Waals surface area contributed by atoms with Crippen molar-refractivity contribution in [1.82, 2.24) is 14.5 Å². The zero-order valence-electron chi connectivity index (χ0n) is 15.9. The number of aromatic nitrogens is 2. The number of hydrogen-bond donors (Lipinski definition) is 0. The quantitative estimate of drug-likeness (QED) is 0.684. The van der Waals surface area contributed by atoms with E-state index in [0.29, 0.717) is 41.0 Å². The third-order valence-corrected chi connectivity index (χ3v) is 4.49. The molecule has 0 aliphatic carbocycles. The Balaban J connectivity index is 0.00000280. The van der Waals surface area contributed by atoms with Crippen LogP contribution in [0.5, 0.6) is 5.75 Å². The van der Waals surface area contributed by atoms with Crippen LogP contribution < -0.4 is 4.74 Å². The van der Waals surface area contributed by atoms with Crippen LogP contribution in [0.2, 0.25) is 0 Å². The number of carbonyl (C=O) groups is 1. The van der Waals surface area contributed by atoms with Crippen LogP contribution >= 0.6 is 29.4 Å². The number of nitriles is 1. The molecule has 3 rings (SSSR count). The lowest BCUT2D eigenvalue weighted by Gasteiger charge is -2.34. The molecule has 1 saturated heterocycles. The molecule has 0 spiro atoms. The number of fused-ring (bicyclic) bond motifs is 1. The summed E-state index contributed by atoms with van der Waals surface area (Å²) in [6.45, 7) is 7.13. The molecule has 2 aromatic heterocycles. The molecule has 8 nitrogen and oxygen atoms in total. The number of halogens is 1. The zero-order chi connectivity index (χ0) is 19.6. The first-order valence-corrected chi connectivity index (χ1v) is 9.35. The van der Waals surface area contributed by atoms with Crippen LogP contribution in [-0.2, 0) is 9.47 Å². The average molecular weight is 471 g/mol. The maximum atomic E-state index is 12.2. The topological polar surface area (TPSA) is 89.1 Å². The number of nitrogens with zero attached hydrogens (tertiary/aromatic N) is 4. The maximum absolute atomic E-state index is 12.2. The summed E-state index contributed by atoms with van der Waals surface area (Å²) in [5, 5.41) is 13.3. The maximum Gasteiger partial charge on any atom is 0.410 e. The van der Waals surface area contributed by atoms with Crippen molar-refractivity contribution >= 4 is 41.0 Å². The van der Waals surface area contributed by atoms with Gasteiger partial charge in [-0.15, -0.1) is 0 Å². The summed E-state index contributed by atoms with van der Waals surface area (Å²) in [6.07, 6.45) is 2.61. The summed E-state index contributed by atoms with van der Waals surface area (Å²) in [4.78, 5) is 13.9. The summed E-state index contributed by atoms with van der Waals surface area (Å²) in [7, 11) is 0. The molecule has 28 heavy (non-hydrogen) atoms. The van der Waals surface area contributed by atoms with E-state index in [9.17, 15) is 4.79 Å². The van der Waals surface area contributed by atoms with Crippen molar-refractivity contribution in [2.24, 2.45) is 0 Å². The minimum atomic E-state index is -0.533. The Bertz CT molecular complexity index is 890. The smallest absolute Gasteiger partial charge is 0.410 e. The molecule has 2 aromatic rings. The van der Waals surface area contributed by atoms with Crippen LogP contribution in [0, 0.1) is 11.3 Å². The highest BCUT2D eigenvalue weighted by molar-refractivity contribution is 9.10. The molecule has 0 radical (unpaired) electrons. The predicted octanol–water partition coefficient (Wildman–Crippen LogP) is 3.10. The van der Waals surface area contributed by atoms with Crippen LogP contribution in [-0.4, -0.2) is 58.6 Å². The minimum Gasteiger partial charge on any atom is -0.489 e. The molecule has 1 aliphatic rings. The molecule has 0 unspecified atom stereocenters. The highest BCUT2D eigenvalue weighted by Gasteiger charge is 2.28. The second kappa shape index (κ2) is 9.03. The van der Waals surface area contributed by atoms with Crippen LogP contribution in [0.1, 0.15) is 26.3 Å². The fourth-order valence-electron chi connectivity index (χ4n) is 2.71. The van der Waals surface area contributed by atoms with Gasteiger partial charge in [0.1, 0.15) is 30.1 Å². The summed E-state index contributed by atoms with van der Waals surface area (Å²) < 4.78 is 19.2. The molecule has 152 valence electrons. The number of pyridine rings is 1. The van der Waals surface area contributed by atoms with Crippen molar-refractivity contribution in [3.63, 3.8) is 0 Å². The van der Waals surface area contributed by atoms with E-state index in [1.54, 1.807) is 21.7 Å². The number of amides is 1. The number of carbonyl (C=O) groups excluding carboxylic acids is 1. The molecule has 1 aliphatic heterocycles. The summed E-state index contributed by atoms with van der Waals surface area (Å²) in [5.74, 6) is 0.583. The van der Waals surface area contributed by atoms with Crippen molar-refractivity contribution in [3.8, 4) is 11.8 Å². The first-order valence-electron chi connectivity index (χ1n) is 8.56. The first-order chi connectivity index (χ1) is 12.8. The van der Waals surface area contributed by atoms with Crippen molar-refractivity contribution in [2.45, 2.75) is 32.5 Å². The molecule has 1 amide bonds. The Morgan fingerprint density at radius 1 is 1.50 bits per heavy atom. The van der Waals surface area contributed by atoms with E-state index in [0.717, 1.165) is 0 Å². The molecule has 0 N–H and O–H groups in total. The minimum absolute atomic E-state index is 0. The monoisotopic (exact) mass is 470 g/mol. The lowest BCUT2D eigenvalue weighted by molar-refractivity contribution is -0.0557. The predicted molar refractivity (Wildman–Crippen MR) is 111 cm³/mol. The van der Waals surface area contributed by atoms with Crippen LogP contribution in [0.4, 0.5) is 4.79 Å². The molecule has 1 fully saturated rings. The van der Waals surface area contributed by atoms with Gasteiger partial charge < -0.3 is 19.1 Å². The number of hydrogen-bond acceptors (Lipinski definition) is 6. The van der Waals surface area contributed by atoms with Gasteiger partial charge in [0, 0.05) is 11.0 Å². The Kier molecular flexibility index (Phi) is 7.20. The molecule has 3 heterocycles. The largest absolute Gasteiger partial charge is 0.489 e. The first kappa shape index (κ1) is 22.3. The van der Waals surface area contributed by atoms with Gasteiger partial charge in [-0.1, -0.05) is 0 Å². The van der Waals surface area contributed by atoms with Gasteiger partial charge in [0.15, 0.2) is 0 Å². The molecular formula is C18H23BrN4O4S. The van der Waals surface area contributed by atoms with E-state index in [2.05, 4.69) is 27.1 Å². The van der Waals surface area contributed by atoms with Gasteiger partial charge in [0.25, 0.3) is 0 Å². The number of morpholine rings is 1. The fraction of sp³-hybridized carbons (Fsp3) is 0.500. The molecule has 1 atom stereocenters. The van der Waals surface area contributed by atoms with Gasteiger partial charge in [0.05, 0.1) is 36.6 Å². The lowest BCUT2D eigenvalue weighted by atomic mass is 10.2. The van der Waals surface area contributed by atoms with Gasteiger partial charge in [-0.05, 0) is 42.8 Å². The van der Waals surface area contributed by atoms with Crippen molar-refractivity contribution in [3.05, 3.63) is 28.5 Å². The van der Waals surface area contributed by atoms with E-state index < -0.39 is 5.60 Å². The van der Waals surface area contributed by atoms with Gasteiger partial charge in [-0.2, -0.15) is 23.9 Å². The summed E-state index contributed by atoms with van der Waals surface area (Å²) in [6, 6.07) is 3.89. The lowest BCUT2D eigenvalue weighted by Crippen LogP contribution is -2.49. The normalized spacial score (nSPS) is 17.0. The van der Waals surface area contributed by atoms with Crippen molar-refractivity contribution < 1.29 is 19.0 Å². The summed E-state index contributed by atoms with van der Waals surface area (Å²) in [5.41, 5.74) is 0.640. The Morgan fingerprint density at radius 2 is 2.25 bits per heavy atom. The molecule has 10 heteroatoms. The van der Waals surface area contributed by atoms with Gasteiger partial charge in [-0.25, -0.2) is 9.31 Å². The Hall–Kier alpha value is -1.96. The van der Waals surface area contributed by atoms with E-state index in [4.69, 9.17) is 19.5 Å². The van der Waals surface area contributed by atoms with Crippen LogP contribution in [0.25, 0.3) is 5.52 Å². The van der Waals surface area contributed by atoms with Gasteiger partial charge >= 0.3 is 6.09 Å². The highest BCUT2D eigenvalue weighted by Crippen LogP contribution is 2.26. The van der Waals surface area contributed by atoms with E-state index in [-0.39, 0.29) is 32.3 Å². The highest BCUT2D eigenvalue weighted by atomic mass is 79.9. The molecule has 0 saturated carbocycles. The Morgan fingerprint density at radius 3 is 2.93 bits per heavy atom. The number of rotatable bonds is 3. The fourth-order valence-corrected chi connectivity index (χ4v) is 3.33. The Labute approximate surface area is 178 Å². The van der Waals surface area contributed by atoms with Gasteiger partial charge in [-0.3, -0.25) is 0 Å². The van der Waals surface area contributed by atoms with Crippen molar-refractivity contribution in [2.75, 3.05) is 26.3 Å². The molecule has 0 bridgehead atoms. The van der Waals surface area contributed by atoms with Crippen LogP contribution in [0.15, 0.2) is 22.9 Å². The SMILES string of the molecule is CC(C)(C)OC(=O)N1CCO[C@H](COc2cc(Br)c3c(C#N)cnn3c2)C1.S. The van der Waals surface area contributed by atoms with Gasteiger partial charge in [0.2, 0.25) is 0 Å². The van der Waals surface area contributed by atoms with E-state index in [1.807, 2.05) is 20.8 Å². The number of ether oxygens (including phenoxy) is 3. The van der Waals surface area contributed by atoms with E-state index in [1.165, 1.54) is 6.20 Å². The molecular weight excluding hydrogens is 448 g/mol. The van der Waals surface area contributed by atoms with Crippen LogP contribution in [0.3, 0.4) is 0 Å². The zero-order valence-corrected chi connectivity index (χ0v) is 18.5. The molecule has 0 aromatic carbocycles. The van der Waals surface area contributed by atoms with Crippen molar-refractivity contribution in [1.29, 1.82) is 5.26 Å². The average Bonchev–Trinajstić information content (AvgIpc) is 3.02. The second-order valence-electron chi connectivity index (χ2n) is 7.22.